The van der Waals surface area contributed by atoms with Crippen LogP contribution in [0.1, 0.15) is 22.7 Å². The van der Waals surface area contributed by atoms with Crippen LogP contribution < -0.4 is 14.8 Å². The van der Waals surface area contributed by atoms with Crippen molar-refractivity contribution in [2.75, 3.05) is 20.8 Å². The molecule has 2 aromatic carbocycles. The maximum atomic E-state index is 6.05. The largest absolute Gasteiger partial charge is 0.496 e. The van der Waals surface area contributed by atoms with Gasteiger partial charge in [0, 0.05) is 17.0 Å². The van der Waals surface area contributed by atoms with Crippen LogP contribution in [0.15, 0.2) is 36.4 Å². The van der Waals surface area contributed by atoms with Crippen molar-refractivity contribution in [1.29, 1.82) is 0 Å². The van der Waals surface area contributed by atoms with Gasteiger partial charge in [-0.3, -0.25) is 0 Å². The van der Waals surface area contributed by atoms with Gasteiger partial charge in [0.2, 0.25) is 0 Å². The summed E-state index contributed by atoms with van der Waals surface area (Å²) in [6.07, 6.45) is 0.970. The van der Waals surface area contributed by atoms with E-state index in [4.69, 9.17) is 21.1 Å². The molecule has 1 unspecified atom stereocenters. The minimum Gasteiger partial charge on any atom is -0.496 e. The number of methoxy groups -OCH3 is 1. The highest BCUT2D eigenvalue weighted by Gasteiger charge is 2.20. The van der Waals surface area contributed by atoms with Crippen molar-refractivity contribution >= 4 is 11.6 Å². The van der Waals surface area contributed by atoms with Crippen LogP contribution in [0, 0.1) is 0 Å². The van der Waals surface area contributed by atoms with E-state index in [2.05, 4.69) is 17.4 Å². The van der Waals surface area contributed by atoms with E-state index in [1.165, 1.54) is 11.1 Å². The molecule has 3 nitrogen and oxygen atoms in total. The lowest BCUT2D eigenvalue weighted by Gasteiger charge is -2.20. The maximum Gasteiger partial charge on any atom is 0.125 e. The fourth-order valence-electron chi connectivity index (χ4n) is 2.81. The Morgan fingerprint density at radius 2 is 2.10 bits per heavy atom. The van der Waals surface area contributed by atoms with E-state index < -0.39 is 0 Å². The van der Waals surface area contributed by atoms with Crippen molar-refractivity contribution in [3.05, 3.63) is 58.1 Å². The summed E-state index contributed by atoms with van der Waals surface area (Å²) < 4.78 is 11.0. The van der Waals surface area contributed by atoms with Crippen molar-refractivity contribution in [3.63, 3.8) is 0 Å². The second-order valence-corrected chi connectivity index (χ2v) is 5.51. The van der Waals surface area contributed by atoms with Gasteiger partial charge >= 0.3 is 0 Å². The van der Waals surface area contributed by atoms with Gasteiger partial charge in [0.1, 0.15) is 11.5 Å². The summed E-state index contributed by atoms with van der Waals surface area (Å²) in [6, 6.07) is 12.1. The molecule has 0 spiro atoms. The molecule has 1 atom stereocenters. The number of benzene rings is 2. The molecule has 3 rings (SSSR count). The van der Waals surface area contributed by atoms with Crippen molar-refractivity contribution < 1.29 is 9.47 Å². The molecule has 110 valence electrons. The Morgan fingerprint density at radius 1 is 1.24 bits per heavy atom. The zero-order valence-electron chi connectivity index (χ0n) is 12.2. The Balaban J connectivity index is 2.02. The van der Waals surface area contributed by atoms with Crippen LogP contribution in [0.2, 0.25) is 5.02 Å². The fourth-order valence-corrected chi connectivity index (χ4v) is 2.97. The van der Waals surface area contributed by atoms with Gasteiger partial charge in [-0.15, -0.1) is 0 Å². The highest BCUT2D eigenvalue weighted by molar-refractivity contribution is 6.30. The molecule has 0 bridgehead atoms. The number of fused-ring (bicyclic) bond motifs is 1. The Morgan fingerprint density at radius 3 is 2.86 bits per heavy atom. The molecule has 1 aliphatic rings. The number of hydrogen-bond acceptors (Lipinski definition) is 3. The molecular weight excluding hydrogens is 286 g/mol. The lowest BCUT2D eigenvalue weighted by atomic mass is 9.96. The summed E-state index contributed by atoms with van der Waals surface area (Å²) in [6.45, 7) is 0.771. The zero-order valence-corrected chi connectivity index (χ0v) is 12.9. The Hall–Kier alpha value is -1.71. The zero-order chi connectivity index (χ0) is 14.8. The van der Waals surface area contributed by atoms with E-state index in [-0.39, 0.29) is 6.04 Å². The first-order chi connectivity index (χ1) is 10.2. The van der Waals surface area contributed by atoms with Crippen molar-refractivity contribution in [1.82, 2.24) is 5.32 Å². The molecule has 1 aliphatic heterocycles. The number of halogens is 1. The Bertz CT molecular complexity index is 657. The SMILES string of the molecule is CNC(c1ccc2c(c1)CCO2)c1ccc(Cl)cc1OC. The first-order valence-electron chi connectivity index (χ1n) is 6.99. The van der Waals surface area contributed by atoms with Crippen LogP contribution in [0.4, 0.5) is 0 Å². The topological polar surface area (TPSA) is 30.5 Å². The molecule has 21 heavy (non-hydrogen) atoms. The number of ether oxygens (including phenoxy) is 2. The molecule has 0 amide bonds. The van der Waals surface area contributed by atoms with Crippen molar-refractivity contribution in [3.8, 4) is 11.5 Å². The van der Waals surface area contributed by atoms with Crippen molar-refractivity contribution in [2.45, 2.75) is 12.5 Å². The third kappa shape index (κ3) is 2.71. The standard InChI is InChI=1S/C17H18ClNO2/c1-19-17(14-5-4-13(18)10-16(14)20-2)12-3-6-15-11(9-12)7-8-21-15/h3-6,9-10,17,19H,7-8H2,1-2H3. The minimum absolute atomic E-state index is 0.0584. The molecule has 0 saturated carbocycles. The molecule has 2 aromatic rings. The second-order valence-electron chi connectivity index (χ2n) is 5.07. The summed E-state index contributed by atoms with van der Waals surface area (Å²) in [5.41, 5.74) is 3.53. The van der Waals surface area contributed by atoms with E-state index in [1.54, 1.807) is 7.11 Å². The van der Waals surface area contributed by atoms with Gasteiger partial charge in [-0.2, -0.15) is 0 Å². The summed E-state index contributed by atoms with van der Waals surface area (Å²) in [4.78, 5) is 0. The van der Waals surface area contributed by atoms with Gasteiger partial charge in [-0.05, 0) is 36.4 Å². The third-order valence-corrected chi connectivity index (χ3v) is 4.08. The summed E-state index contributed by atoms with van der Waals surface area (Å²) in [7, 11) is 3.61. The predicted molar refractivity (Wildman–Crippen MR) is 84.5 cm³/mol. The van der Waals surface area contributed by atoms with Crippen LogP contribution in [0.25, 0.3) is 0 Å². The molecule has 0 fully saturated rings. The maximum absolute atomic E-state index is 6.05. The molecule has 1 heterocycles. The van der Waals surface area contributed by atoms with Gasteiger partial charge in [0.25, 0.3) is 0 Å². The van der Waals surface area contributed by atoms with E-state index in [0.717, 1.165) is 30.1 Å². The smallest absolute Gasteiger partial charge is 0.125 e. The third-order valence-electron chi connectivity index (χ3n) is 3.84. The molecule has 0 radical (unpaired) electrons. The van der Waals surface area contributed by atoms with Gasteiger partial charge in [0.05, 0.1) is 19.8 Å². The molecule has 0 aromatic heterocycles. The van der Waals surface area contributed by atoms with Crippen LogP contribution in [-0.4, -0.2) is 20.8 Å². The van der Waals surface area contributed by atoms with Crippen LogP contribution >= 0.6 is 11.6 Å². The molecule has 1 N–H and O–H groups in total. The minimum atomic E-state index is 0.0584. The summed E-state index contributed by atoms with van der Waals surface area (Å²) in [5.74, 6) is 1.79. The van der Waals surface area contributed by atoms with E-state index in [0.29, 0.717) is 5.02 Å². The van der Waals surface area contributed by atoms with Gasteiger partial charge in [0.15, 0.2) is 0 Å². The first kappa shape index (κ1) is 14.2. The highest BCUT2D eigenvalue weighted by Crippen LogP contribution is 2.35. The highest BCUT2D eigenvalue weighted by atomic mass is 35.5. The van der Waals surface area contributed by atoms with E-state index in [1.807, 2.05) is 31.3 Å². The lowest BCUT2D eigenvalue weighted by molar-refractivity contribution is 0.357. The number of rotatable bonds is 4. The summed E-state index contributed by atoms with van der Waals surface area (Å²) >= 11 is 6.05. The fraction of sp³-hybridized carbons (Fsp3) is 0.294. The van der Waals surface area contributed by atoms with Crippen LogP contribution in [-0.2, 0) is 6.42 Å². The van der Waals surface area contributed by atoms with Gasteiger partial charge < -0.3 is 14.8 Å². The van der Waals surface area contributed by atoms with E-state index >= 15 is 0 Å². The lowest BCUT2D eigenvalue weighted by Crippen LogP contribution is -2.18. The Kier molecular flexibility index (Phi) is 4.04. The Labute approximate surface area is 129 Å². The quantitative estimate of drug-likeness (QED) is 0.936. The average molecular weight is 304 g/mol. The molecule has 4 heteroatoms. The molecular formula is C17H18ClNO2. The number of hydrogen-bond donors (Lipinski definition) is 1. The molecule has 0 aliphatic carbocycles. The van der Waals surface area contributed by atoms with Crippen molar-refractivity contribution in [2.24, 2.45) is 0 Å². The van der Waals surface area contributed by atoms with Crippen LogP contribution in [0.3, 0.4) is 0 Å². The van der Waals surface area contributed by atoms with Crippen LogP contribution in [0.5, 0.6) is 11.5 Å². The normalized spacial score (nSPS) is 14.4. The first-order valence-corrected chi connectivity index (χ1v) is 7.37. The summed E-state index contributed by atoms with van der Waals surface area (Å²) in [5, 5.41) is 4.03. The number of nitrogens with one attached hydrogen (secondary N) is 1. The predicted octanol–water partition coefficient (Wildman–Crippen LogP) is 3.59. The van der Waals surface area contributed by atoms with Gasteiger partial charge in [-0.1, -0.05) is 29.8 Å². The van der Waals surface area contributed by atoms with Gasteiger partial charge in [-0.25, -0.2) is 0 Å². The monoisotopic (exact) mass is 303 g/mol. The average Bonchev–Trinajstić information content (AvgIpc) is 2.97. The second kappa shape index (κ2) is 5.96. The van der Waals surface area contributed by atoms with E-state index in [9.17, 15) is 0 Å². The molecule has 0 saturated heterocycles.